The van der Waals surface area contributed by atoms with Crippen molar-refractivity contribution in [1.29, 1.82) is 0 Å². The first-order valence-corrected chi connectivity index (χ1v) is 9.87. The molecule has 0 aromatic carbocycles. The van der Waals surface area contributed by atoms with Crippen LogP contribution in [0.4, 0.5) is 0 Å². The molecule has 1 atom stereocenters. The number of sulfonamides is 1. The summed E-state index contributed by atoms with van der Waals surface area (Å²) >= 11 is 0. The first-order chi connectivity index (χ1) is 10.6. The smallest absolute Gasteiger partial charge is 0.259 e. The summed E-state index contributed by atoms with van der Waals surface area (Å²) < 4.78 is 30.0. The maximum atomic E-state index is 12.6. The van der Waals surface area contributed by atoms with E-state index in [0.29, 0.717) is 12.5 Å². The lowest BCUT2D eigenvalue weighted by Crippen LogP contribution is -2.45. The zero-order valence-electron chi connectivity index (χ0n) is 13.0. The Kier molecular flexibility index (Phi) is 4.84. The van der Waals surface area contributed by atoms with Gasteiger partial charge in [0.1, 0.15) is 5.82 Å². The van der Waals surface area contributed by atoms with E-state index in [1.54, 1.807) is 6.20 Å². The second-order valence-electron chi connectivity index (χ2n) is 6.51. The molecule has 7 heteroatoms. The zero-order valence-corrected chi connectivity index (χ0v) is 13.8. The van der Waals surface area contributed by atoms with Crippen LogP contribution in [0.15, 0.2) is 11.2 Å². The van der Waals surface area contributed by atoms with E-state index in [1.807, 2.05) is 4.57 Å². The van der Waals surface area contributed by atoms with E-state index < -0.39 is 10.0 Å². The molecule has 2 heterocycles. The molecule has 0 amide bonds. The number of aryl methyl sites for hydroxylation is 2. The van der Waals surface area contributed by atoms with E-state index >= 15 is 0 Å². The average molecular weight is 326 g/mol. The molecular formula is C15H26N4O2S. The summed E-state index contributed by atoms with van der Waals surface area (Å²) in [6, 6.07) is -0.177. The minimum Gasteiger partial charge on any atom is -0.333 e. The van der Waals surface area contributed by atoms with Crippen molar-refractivity contribution >= 4 is 10.0 Å². The molecule has 0 saturated heterocycles. The standard InChI is InChI=1S/C15H26N4O2S/c16-10-13(12-6-2-1-3-7-12)18-22(20,21)15-11-19-9-5-4-8-14(19)17-15/h11-13,18H,1-10,16H2. The molecule has 1 unspecified atom stereocenters. The Morgan fingerprint density at radius 3 is 2.73 bits per heavy atom. The van der Waals surface area contributed by atoms with Crippen LogP contribution < -0.4 is 10.5 Å². The van der Waals surface area contributed by atoms with Gasteiger partial charge in [-0.2, -0.15) is 0 Å². The molecule has 22 heavy (non-hydrogen) atoms. The quantitative estimate of drug-likeness (QED) is 0.856. The minimum atomic E-state index is -3.58. The van der Waals surface area contributed by atoms with Crippen molar-refractivity contribution in [2.24, 2.45) is 11.7 Å². The predicted molar refractivity (Wildman–Crippen MR) is 84.9 cm³/mol. The third kappa shape index (κ3) is 3.36. The molecule has 0 bridgehead atoms. The maximum Gasteiger partial charge on any atom is 0.259 e. The van der Waals surface area contributed by atoms with Crippen LogP contribution in [0.3, 0.4) is 0 Å². The van der Waals surface area contributed by atoms with Crippen molar-refractivity contribution < 1.29 is 8.42 Å². The van der Waals surface area contributed by atoms with Gasteiger partial charge in [0.2, 0.25) is 0 Å². The maximum absolute atomic E-state index is 12.6. The van der Waals surface area contributed by atoms with Crippen LogP contribution >= 0.6 is 0 Å². The monoisotopic (exact) mass is 326 g/mol. The normalized spacial score (nSPS) is 21.5. The summed E-state index contributed by atoms with van der Waals surface area (Å²) in [5.74, 6) is 1.24. The lowest BCUT2D eigenvalue weighted by Gasteiger charge is -2.29. The first kappa shape index (κ1) is 16.0. The van der Waals surface area contributed by atoms with E-state index in [1.165, 1.54) is 19.3 Å². The summed E-state index contributed by atoms with van der Waals surface area (Å²) in [4.78, 5) is 4.33. The number of hydrogen-bond donors (Lipinski definition) is 2. The largest absolute Gasteiger partial charge is 0.333 e. The Bertz CT molecular complexity index is 582. The SMILES string of the molecule is NCC(NS(=O)(=O)c1cn2c(n1)CCCC2)C1CCCCC1. The van der Waals surface area contributed by atoms with E-state index in [2.05, 4.69) is 9.71 Å². The Morgan fingerprint density at radius 2 is 2.05 bits per heavy atom. The molecular weight excluding hydrogens is 300 g/mol. The average Bonchev–Trinajstić information content (AvgIpc) is 2.98. The number of fused-ring (bicyclic) bond motifs is 1. The predicted octanol–water partition coefficient (Wildman–Crippen LogP) is 1.41. The summed E-state index contributed by atoms with van der Waals surface area (Å²) in [6.07, 6.45) is 10.4. The molecule has 1 fully saturated rings. The van der Waals surface area contributed by atoms with E-state index in [9.17, 15) is 8.42 Å². The Labute approximate surface area is 132 Å². The van der Waals surface area contributed by atoms with Crippen molar-refractivity contribution in [2.75, 3.05) is 6.54 Å². The van der Waals surface area contributed by atoms with Gasteiger partial charge in [-0.15, -0.1) is 0 Å². The van der Waals surface area contributed by atoms with Gasteiger partial charge in [0.25, 0.3) is 10.0 Å². The van der Waals surface area contributed by atoms with Crippen LogP contribution in [-0.2, 0) is 23.0 Å². The fraction of sp³-hybridized carbons (Fsp3) is 0.800. The lowest BCUT2D eigenvalue weighted by molar-refractivity contribution is 0.294. The van der Waals surface area contributed by atoms with Crippen molar-refractivity contribution in [3.63, 3.8) is 0 Å². The molecule has 1 aromatic heterocycles. The van der Waals surface area contributed by atoms with E-state index in [4.69, 9.17) is 5.73 Å². The highest BCUT2D eigenvalue weighted by Crippen LogP contribution is 2.27. The highest BCUT2D eigenvalue weighted by atomic mass is 32.2. The van der Waals surface area contributed by atoms with Crippen molar-refractivity contribution in [3.8, 4) is 0 Å². The topological polar surface area (TPSA) is 90.0 Å². The van der Waals surface area contributed by atoms with Gasteiger partial charge >= 0.3 is 0 Å². The zero-order chi connectivity index (χ0) is 15.6. The highest BCUT2D eigenvalue weighted by molar-refractivity contribution is 7.89. The fourth-order valence-electron chi connectivity index (χ4n) is 3.65. The van der Waals surface area contributed by atoms with Crippen LogP contribution in [0.1, 0.15) is 50.8 Å². The molecule has 1 aliphatic heterocycles. The van der Waals surface area contributed by atoms with Gasteiger partial charge in [-0.1, -0.05) is 19.3 Å². The second-order valence-corrected chi connectivity index (χ2v) is 8.17. The molecule has 0 radical (unpaired) electrons. The van der Waals surface area contributed by atoms with Gasteiger partial charge in [0.05, 0.1) is 0 Å². The van der Waals surface area contributed by atoms with Crippen LogP contribution in [0, 0.1) is 5.92 Å². The Morgan fingerprint density at radius 1 is 1.27 bits per heavy atom. The molecule has 3 rings (SSSR count). The summed E-state index contributed by atoms with van der Waals surface area (Å²) in [7, 11) is -3.58. The molecule has 1 aromatic rings. The second kappa shape index (κ2) is 6.68. The molecule has 6 nitrogen and oxygen atoms in total. The highest BCUT2D eigenvalue weighted by Gasteiger charge is 2.29. The van der Waals surface area contributed by atoms with E-state index in [0.717, 1.165) is 44.5 Å². The van der Waals surface area contributed by atoms with Gasteiger partial charge in [-0.05, 0) is 31.6 Å². The molecule has 2 aliphatic rings. The Hall–Kier alpha value is -0.920. The number of rotatable bonds is 5. The summed E-state index contributed by atoms with van der Waals surface area (Å²) in [6.45, 7) is 1.21. The third-order valence-corrected chi connectivity index (χ3v) is 6.30. The fourth-order valence-corrected chi connectivity index (χ4v) is 4.95. The van der Waals surface area contributed by atoms with Crippen molar-refractivity contribution in [3.05, 3.63) is 12.0 Å². The molecule has 1 saturated carbocycles. The summed E-state index contributed by atoms with van der Waals surface area (Å²) in [5.41, 5.74) is 5.83. The number of hydrogen-bond acceptors (Lipinski definition) is 4. The van der Waals surface area contributed by atoms with Crippen LogP contribution in [-0.4, -0.2) is 30.6 Å². The van der Waals surface area contributed by atoms with Crippen LogP contribution in [0.25, 0.3) is 0 Å². The number of aromatic nitrogens is 2. The van der Waals surface area contributed by atoms with Gasteiger partial charge in [-0.3, -0.25) is 0 Å². The number of nitrogens with zero attached hydrogens (tertiary/aromatic N) is 2. The van der Waals surface area contributed by atoms with Crippen LogP contribution in [0.2, 0.25) is 0 Å². The van der Waals surface area contributed by atoms with Gasteiger partial charge < -0.3 is 10.3 Å². The minimum absolute atomic E-state index is 0.152. The van der Waals surface area contributed by atoms with E-state index in [-0.39, 0.29) is 11.1 Å². The van der Waals surface area contributed by atoms with Crippen LogP contribution in [0.5, 0.6) is 0 Å². The molecule has 1 aliphatic carbocycles. The number of imidazole rings is 1. The Balaban J connectivity index is 1.75. The van der Waals surface area contributed by atoms with Crippen molar-refractivity contribution in [1.82, 2.24) is 14.3 Å². The number of nitrogens with one attached hydrogen (secondary N) is 1. The van der Waals surface area contributed by atoms with Gasteiger partial charge in [0.15, 0.2) is 5.03 Å². The molecule has 3 N–H and O–H groups in total. The van der Waals surface area contributed by atoms with Gasteiger partial charge in [0, 0.05) is 31.7 Å². The third-order valence-electron chi connectivity index (χ3n) is 4.94. The van der Waals surface area contributed by atoms with Crippen molar-refractivity contribution in [2.45, 2.75) is 69.0 Å². The molecule has 0 spiro atoms. The number of nitrogens with two attached hydrogens (primary N) is 1. The first-order valence-electron chi connectivity index (χ1n) is 8.38. The van der Waals surface area contributed by atoms with Gasteiger partial charge in [-0.25, -0.2) is 18.1 Å². The molecule has 124 valence electrons. The lowest BCUT2D eigenvalue weighted by atomic mass is 9.84. The summed E-state index contributed by atoms with van der Waals surface area (Å²) in [5, 5.41) is 0.152.